The Kier molecular flexibility index (Phi) is 4.39. The number of carbonyl (C=O) groups is 1. The highest BCUT2D eigenvalue weighted by Crippen LogP contribution is 2.22. The maximum absolute atomic E-state index is 12.1. The summed E-state index contributed by atoms with van der Waals surface area (Å²) in [6.45, 7) is 0. The van der Waals surface area contributed by atoms with Crippen molar-refractivity contribution in [3.05, 3.63) is 74.4 Å². The first-order chi connectivity index (χ1) is 11.5. The molecule has 0 fully saturated rings. The number of nitro benzene ring substituents is 1. The van der Waals surface area contributed by atoms with Crippen molar-refractivity contribution in [3.63, 3.8) is 0 Å². The number of H-pyrrole nitrogens is 1. The van der Waals surface area contributed by atoms with Crippen LogP contribution in [0.2, 0.25) is 0 Å². The summed E-state index contributed by atoms with van der Waals surface area (Å²) in [5, 5.41) is 15.7. The average molecular weight is 387 g/mol. The Morgan fingerprint density at radius 2 is 2.04 bits per heavy atom. The molecule has 0 atom stereocenters. The number of aromatic nitrogens is 1. The first kappa shape index (κ1) is 15.9. The molecule has 24 heavy (non-hydrogen) atoms. The Bertz CT molecular complexity index is 932. The second-order valence-electron chi connectivity index (χ2n) is 4.93. The van der Waals surface area contributed by atoms with Gasteiger partial charge in [-0.3, -0.25) is 14.9 Å². The fraction of sp³-hybridized carbons (Fsp3) is 0. The zero-order chi connectivity index (χ0) is 17.1. The summed E-state index contributed by atoms with van der Waals surface area (Å²) >= 11 is 3.18. The largest absolute Gasteiger partial charge is 0.350 e. The van der Waals surface area contributed by atoms with Gasteiger partial charge in [-0.05, 0) is 24.3 Å². The monoisotopic (exact) mass is 386 g/mol. The highest BCUT2D eigenvalue weighted by atomic mass is 79.9. The van der Waals surface area contributed by atoms with Gasteiger partial charge in [0.05, 0.1) is 16.7 Å². The number of carbonyl (C=O) groups excluding carboxylic acids is 1. The Morgan fingerprint density at radius 3 is 2.79 bits per heavy atom. The predicted octanol–water partition coefficient (Wildman–Crippen LogP) is 3.60. The molecule has 8 heteroatoms. The molecule has 1 heterocycles. The summed E-state index contributed by atoms with van der Waals surface area (Å²) in [6.07, 6.45) is 1.24. The molecule has 1 aromatic heterocycles. The van der Waals surface area contributed by atoms with E-state index in [1.807, 2.05) is 24.3 Å². The van der Waals surface area contributed by atoms with Crippen molar-refractivity contribution in [2.75, 3.05) is 0 Å². The Hall–Kier alpha value is -3.00. The Labute approximate surface area is 144 Å². The van der Waals surface area contributed by atoms with Crippen LogP contribution in [0.1, 0.15) is 16.1 Å². The van der Waals surface area contributed by atoms with Gasteiger partial charge < -0.3 is 4.98 Å². The van der Waals surface area contributed by atoms with Gasteiger partial charge in [0, 0.05) is 21.4 Å². The summed E-state index contributed by atoms with van der Waals surface area (Å²) in [6, 6.07) is 13.8. The van der Waals surface area contributed by atoms with Gasteiger partial charge >= 0.3 is 0 Å². The number of aromatic amines is 1. The maximum atomic E-state index is 12.1. The number of nitrogens with one attached hydrogen (secondary N) is 2. The third-order valence-corrected chi connectivity index (χ3v) is 3.83. The van der Waals surface area contributed by atoms with Gasteiger partial charge in [-0.1, -0.05) is 34.1 Å². The number of hydrogen-bond donors (Lipinski definition) is 2. The van der Waals surface area contributed by atoms with E-state index >= 15 is 0 Å². The summed E-state index contributed by atoms with van der Waals surface area (Å²) in [5.74, 6) is -0.429. The van der Waals surface area contributed by atoms with E-state index in [1.165, 1.54) is 12.3 Å². The Morgan fingerprint density at radius 1 is 1.25 bits per heavy atom. The van der Waals surface area contributed by atoms with Crippen LogP contribution in [0.3, 0.4) is 0 Å². The zero-order valence-corrected chi connectivity index (χ0v) is 13.8. The summed E-state index contributed by atoms with van der Waals surface area (Å²) in [5.41, 5.74) is 3.74. The fourth-order valence-corrected chi connectivity index (χ4v) is 2.55. The van der Waals surface area contributed by atoms with Crippen molar-refractivity contribution in [3.8, 4) is 0 Å². The smallest absolute Gasteiger partial charge is 0.287 e. The highest BCUT2D eigenvalue weighted by Gasteiger charge is 2.13. The number of hydrazone groups is 1. The Balaban J connectivity index is 1.76. The molecule has 120 valence electrons. The lowest BCUT2D eigenvalue weighted by Gasteiger charge is -1.99. The van der Waals surface area contributed by atoms with Gasteiger partial charge in [0.15, 0.2) is 0 Å². The van der Waals surface area contributed by atoms with Crippen LogP contribution in [0, 0.1) is 10.1 Å². The van der Waals surface area contributed by atoms with E-state index in [0.717, 1.165) is 10.9 Å². The number of hydrogen-bond acceptors (Lipinski definition) is 4. The molecule has 0 aliphatic heterocycles. The van der Waals surface area contributed by atoms with Gasteiger partial charge in [0.25, 0.3) is 11.6 Å². The lowest BCUT2D eigenvalue weighted by molar-refractivity contribution is -0.385. The molecule has 0 radical (unpaired) electrons. The molecule has 0 aliphatic rings. The number of nitro groups is 1. The SMILES string of the molecule is O=C(N/N=C/c1ccc(Br)cc1[N+](=O)[O-])c1cc2ccccc2[nH]1. The molecule has 0 unspecified atom stereocenters. The molecule has 3 aromatic rings. The second kappa shape index (κ2) is 6.63. The van der Waals surface area contributed by atoms with Crippen molar-refractivity contribution in [1.82, 2.24) is 10.4 Å². The van der Waals surface area contributed by atoms with Crippen molar-refractivity contribution in [2.24, 2.45) is 5.10 Å². The molecule has 7 nitrogen and oxygen atoms in total. The number of amides is 1. The van der Waals surface area contributed by atoms with E-state index in [9.17, 15) is 14.9 Å². The number of para-hydroxylation sites is 1. The standard InChI is InChI=1S/C16H11BrN4O3/c17-12-6-5-11(15(8-12)21(23)24)9-18-20-16(22)14-7-10-3-1-2-4-13(10)19-14/h1-9,19H,(H,20,22)/b18-9+. The lowest BCUT2D eigenvalue weighted by Crippen LogP contribution is -2.18. The van der Waals surface area contributed by atoms with Gasteiger partial charge in [0.1, 0.15) is 5.69 Å². The van der Waals surface area contributed by atoms with Crippen LogP contribution in [0.5, 0.6) is 0 Å². The van der Waals surface area contributed by atoms with Crippen LogP contribution in [0.25, 0.3) is 10.9 Å². The first-order valence-corrected chi connectivity index (χ1v) is 7.69. The average Bonchev–Trinajstić information content (AvgIpc) is 3.00. The number of fused-ring (bicyclic) bond motifs is 1. The minimum atomic E-state index is -0.508. The summed E-state index contributed by atoms with van der Waals surface area (Å²) < 4.78 is 0.591. The molecule has 0 aliphatic carbocycles. The normalized spacial score (nSPS) is 11.0. The van der Waals surface area contributed by atoms with E-state index in [2.05, 4.69) is 31.4 Å². The molecule has 3 rings (SSSR count). The maximum Gasteiger partial charge on any atom is 0.287 e. The van der Waals surface area contributed by atoms with E-state index in [4.69, 9.17) is 0 Å². The number of halogens is 1. The summed E-state index contributed by atoms with van der Waals surface area (Å²) in [7, 11) is 0. The zero-order valence-electron chi connectivity index (χ0n) is 12.2. The van der Waals surface area contributed by atoms with Gasteiger partial charge in [-0.2, -0.15) is 5.10 Å². The van der Waals surface area contributed by atoms with Gasteiger partial charge in [-0.15, -0.1) is 0 Å². The van der Waals surface area contributed by atoms with Gasteiger partial charge in [0.2, 0.25) is 0 Å². The fourth-order valence-electron chi connectivity index (χ4n) is 2.20. The molecular formula is C16H11BrN4O3. The van der Waals surface area contributed by atoms with Crippen LogP contribution in [0.4, 0.5) is 5.69 Å². The van der Waals surface area contributed by atoms with Crippen molar-refractivity contribution < 1.29 is 9.72 Å². The second-order valence-corrected chi connectivity index (χ2v) is 5.85. The molecule has 0 spiro atoms. The molecular weight excluding hydrogens is 376 g/mol. The quantitative estimate of drug-likeness (QED) is 0.406. The van der Waals surface area contributed by atoms with E-state index in [0.29, 0.717) is 15.7 Å². The number of benzene rings is 2. The topological polar surface area (TPSA) is 100 Å². The van der Waals surface area contributed by atoms with Crippen molar-refractivity contribution >= 4 is 44.6 Å². The van der Waals surface area contributed by atoms with Crippen LogP contribution in [-0.2, 0) is 0 Å². The minimum absolute atomic E-state index is 0.104. The molecule has 2 aromatic carbocycles. The van der Waals surface area contributed by atoms with Crippen LogP contribution in [0.15, 0.2) is 58.1 Å². The van der Waals surface area contributed by atoms with Crippen molar-refractivity contribution in [1.29, 1.82) is 0 Å². The minimum Gasteiger partial charge on any atom is -0.350 e. The van der Waals surface area contributed by atoms with E-state index in [1.54, 1.807) is 18.2 Å². The van der Waals surface area contributed by atoms with E-state index < -0.39 is 10.8 Å². The molecule has 1 amide bonds. The third-order valence-electron chi connectivity index (χ3n) is 3.33. The van der Waals surface area contributed by atoms with Crippen molar-refractivity contribution in [2.45, 2.75) is 0 Å². The molecule has 0 bridgehead atoms. The molecule has 0 saturated heterocycles. The lowest BCUT2D eigenvalue weighted by atomic mass is 10.2. The van der Waals surface area contributed by atoms with Crippen LogP contribution in [-0.4, -0.2) is 22.0 Å². The van der Waals surface area contributed by atoms with E-state index in [-0.39, 0.29) is 5.69 Å². The predicted molar refractivity (Wildman–Crippen MR) is 94.2 cm³/mol. The third kappa shape index (κ3) is 3.33. The summed E-state index contributed by atoms with van der Waals surface area (Å²) in [4.78, 5) is 25.6. The van der Waals surface area contributed by atoms with Crippen LogP contribution < -0.4 is 5.43 Å². The highest BCUT2D eigenvalue weighted by molar-refractivity contribution is 9.10. The first-order valence-electron chi connectivity index (χ1n) is 6.90. The van der Waals surface area contributed by atoms with Crippen LogP contribution >= 0.6 is 15.9 Å². The number of nitrogens with zero attached hydrogens (tertiary/aromatic N) is 2. The van der Waals surface area contributed by atoms with Gasteiger partial charge in [-0.25, -0.2) is 5.43 Å². The molecule has 0 saturated carbocycles. The molecule has 2 N–H and O–H groups in total. The number of rotatable bonds is 4.